The Kier molecular flexibility index (Phi) is 2.88. The van der Waals surface area contributed by atoms with Gasteiger partial charge >= 0.3 is 5.97 Å². The minimum Gasteiger partial charge on any atom is -0.481 e. The van der Waals surface area contributed by atoms with Crippen molar-refractivity contribution in [1.29, 1.82) is 0 Å². The number of hydrogen-bond acceptors (Lipinski definition) is 3. The van der Waals surface area contributed by atoms with E-state index in [-0.39, 0.29) is 6.42 Å². The Balaban J connectivity index is 2.27. The molecule has 0 amide bonds. The number of carboxylic acid groups (broad SMARTS) is 1. The second-order valence-electron chi connectivity index (χ2n) is 3.11. The van der Waals surface area contributed by atoms with E-state index in [4.69, 9.17) is 16.7 Å². The third kappa shape index (κ3) is 2.46. The summed E-state index contributed by atoms with van der Waals surface area (Å²) < 4.78 is 1.04. The van der Waals surface area contributed by atoms with Crippen LogP contribution in [0.25, 0.3) is 10.2 Å². The molecule has 0 radical (unpaired) electrons. The lowest BCUT2D eigenvalue weighted by Crippen LogP contribution is -1.96. The number of hydrogen-bond donors (Lipinski definition) is 1. The van der Waals surface area contributed by atoms with Crippen molar-refractivity contribution >= 4 is 39.1 Å². The molecule has 0 bridgehead atoms. The molecule has 1 aromatic carbocycles. The van der Waals surface area contributed by atoms with Gasteiger partial charge in [0.1, 0.15) is 0 Å². The molecule has 0 aliphatic carbocycles. The van der Waals surface area contributed by atoms with E-state index in [0.29, 0.717) is 11.4 Å². The number of carbonyl (C=O) groups is 1. The molecule has 15 heavy (non-hydrogen) atoms. The molecule has 0 aliphatic heterocycles. The molecule has 5 heteroatoms. The lowest BCUT2D eigenvalue weighted by atomic mass is 10.3. The lowest BCUT2D eigenvalue weighted by Gasteiger charge is -1.88. The van der Waals surface area contributed by atoms with Crippen molar-refractivity contribution in [1.82, 2.24) is 4.98 Å². The Morgan fingerprint density at radius 1 is 1.53 bits per heavy atom. The normalized spacial score (nSPS) is 10.7. The standard InChI is InChI=1S/C10H8ClNO2S/c11-6-1-2-8-7(5-6)12-9(15-8)3-4-10(13)14/h1-2,5H,3-4H2,(H,13,14). The van der Waals surface area contributed by atoms with E-state index in [1.54, 1.807) is 6.07 Å². The van der Waals surface area contributed by atoms with Gasteiger partial charge in [0.25, 0.3) is 0 Å². The predicted molar refractivity (Wildman–Crippen MR) is 60.6 cm³/mol. The van der Waals surface area contributed by atoms with E-state index in [1.165, 1.54) is 11.3 Å². The maximum Gasteiger partial charge on any atom is 0.303 e. The number of aromatic nitrogens is 1. The second-order valence-corrected chi connectivity index (χ2v) is 4.67. The fourth-order valence-electron chi connectivity index (χ4n) is 1.27. The van der Waals surface area contributed by atoms with Gasteiger partial charge < -0.3 is 5.11 Å². The first-order valence-electron chi connectivity index (χ1n) is 4.42. The number of nitrogens with zero attached hydrogens (tertiary/aromatic N) is 1. The molecule has 1 heterocycles. The van der Waals surface area contributed by atoms with E-state index in [2.05, 4.69) is 4.98 Å². The van der Waals surface area contributed by atoms with E-state index < -0.39 is 5.97 Å². The topological polar surface area (TPSA) is 50.2 Å². The first-order chi connectivity index (χ1) is 7.15. The van der Waals surface area contributed by atoms with Crippen LogP contribution in [0.15, 0.2) is 18.2 Å². The van der Waals surface area contributed by atoms with Crippen LogP contribution in [0.1, 0.15) is 11.4 Å². The van der Waals surface area contributed by atoms with Gasteiger partial charge in [0.05, 0.1) is 21.6 Å². The van der Waals surface area contributed by atoms with Gasteiger partial charge in [0.15, 0.2) is 0 Å². The van der Waals surface area contributed by atoms with Crippen LogP contribution in [0.2, 0.25) is 5.02 Å². The molecule has 2 aromatic rings. The monoisotopic (exact) mass is 241 g/mol. The largest absolute Gasteiger partial charge is 0.481 e. The molecule has 2 rings (SSSR count). The highest BCUT2D eigenvalue weighted by molar-refractivity contribution is 7.18. The van der Waals surface area contributed by atoms with Crippen LogP contribution in [0.5, 0.6) is 0 Å². The molecule has 1 aromatic heterocycles. The quantitative estimate of drug-likeness (QED) is 0.899. The van der Waals surface area contributed by atoms with E-state index in [1.807, 2.05) is 12.1 Å². The van der Waals surface area contributed by atoms with Crippen molar-refractivity contribution in [3.8, 4) is 0 Å². The third-order valence-corrected chi connectivity index (χ3v) is 3.28. The predicted octanol–water partition coefficient (Wildman–Crippen LogP) is 2.97. The van der Waals surface area contributed by atoms with Gasteiger partial charge in [0, 0.05) is 11.4 Å². The fraction of sp³-hybridized carbons (Fsp3) is 0.200. The highest BCUT2D eigenvalue weighted by Gasteiger charge is 2.06. The molecule has 0 saturated heterocycles. The van der Waals surface area contributed by atoms with Gasteiger partial charge in [-0.1, -0.05) is 11.6 Å². The van der Waals surface area contributed by atoms with E-state index in [0.717, 1.165) is 15.2 Å². The molecule has 0 unspecified atom stereocenters. The maximum absolute atomic E-state index is 10.4. The Bertz CT molecular complexity index is 509. The van der Waals surface area contributed by atoms with Crippen LogP contribution in [0.3, 0.4) is 0 Å². The number of thiazole rings is 1. The SMILES string of the molecule is O=C(O)CCc1nc2cc(Cl)ccc2s1. The molecule has 0 aliphatic rings. The molecule has 0 atom stereocenters. The van der Waals surface area contributed by atoms with Gasteiger partial charge in [-0.2, -0.15) is 0 Å². The molecule has 0 fully saturated rings. The Hall–Kier alpha value is -1.13. The van der Waals surface area contributed by atoms with Crippen LogP contribution in [0, 0.1) is 0 Å². The Labute approximate surface area is 95.3 Å². The molecule has 1 N–H and O–H groups in total. The van der Waals surface area contributed by atoms with Gasteiger partial charge in [-0.25, -0.2) is 4.98 Å². The first-order valence-corrected chi connectivity index (χ1v) is 5.61. The molecule has 0 saturated carbocycles. The number of aryl methyl sites for hydroxylation is 1. The molecule has 0 spiro atoms. The summed E-state index contributed by atoms with van der Waals surface area (Å²) >= 11 is 7.34. The zero-order valence-corrected chi connectivity index (χ0v) is 9.31. The Morgan fingerprint density at radius 3 is 3.07 bits per heavy atom. The summed E-state index contributed by atoms with van der Waals surface area (Å²) in [6.07, 6.45) is 0.597. The third-order valence-electron chi connectivity index (χ3n) is 1.95. The summed E-state index contributed by atoms with van der Waals surface area (Å²) in [6.45, 7) is 0. The number of rotatable bonds is 3. The average molecular weight is 242 g/mol. The molecular weight excluding hydrogens is 234 g/mol. The van der Waals surface area contributed by atoms with Crippen molar-refractivity contribution in [3.63, 3.8) is 0 Å². The first kappa shape index (κ1) is 10.4. The fourth-order valence-corrected chi connectivity index (χ4v) is 2.38. The summed E-state index contributed by atoms with van der Waals surface area (Å²) in [5.74, 6) is -0.799. The number of benzene rings is 1. The summed E-state index contributed by atoms with van der Waals surface area (Å²) in [5.41, 5.74) is 0.841. The summed E-state index contributed by atoms with van der Waals surface area (Å²) in [4.78, 5) is 14.7. The maximum atomic E-state index is 10.4. The van der Waals surface area contributed by atoms with Crippen LogP contribution in [-0.2, 0) is 11.2 Å². The Morgan fingerprint density at radius 2 is 2.33 bits per heavy atom. The zero-order valence-electron chi connectivity index (χ0n) is 7.74. The highest BCUT2D eigenvalue weighted by Crippen LogP contribution is 2.25. The van der Waals surface area contributed by atoms with Crippen LogP contribution in [0.4, 0.5) is 0 Å². The number of aliphatic carboxylic acids is 1. The molecular formula is C10H8ClNO2S. The molecule has 78 valence electrons. The summed E-state index contributed by atoms with van der Waals surface area (Å²) in [5, 5.41) is 10.0. The van der Waals surface area contributed by atoms with Crippen LogP contribution >= 0.6 is 22.9 Å². The summed E-state index contributed by atoms with van der Waals surface area (Å²) in [7, 11) is 0. The van der Waals surface area contributed by atoms with Gasteiger partial charge in [-0.15, -0.1) is 11.3 Å². The van der Waals surface area contributed by atoms with Crippen LogP contribution in [-0.4, -0.2) is 16.1 Å². The molecule has 3 nitrogen and oxygen atoms in total. The van der Waals surface area contributed by atoms with Crippen LogP contribution < -0.4 is 0 Å². The average Bonchev–Trinajstić information content (AvgIpc) is 2.56. The minimum absolute atomic E-state index is 0.119. The number of carboxylic acids is 1. The van der Waals surface area contributed by atoms with E-state index >= 15 is 0 Å². The zero-order chi connectivity index (χ0) is 10.8. The van der Waals surface area contributed by atoms with Crippen molar-refractivity contribution in [2.75, 3.05) is 0 Å². The van der Waals surface area contributed by atoms with E-state index in [9.17, 15) is 4.79 Å². The summed E-state index contributed by atoms with van der Waals surface area (Å²) in [6, 6.07) is 5.50. The van der Waals surface area contributed by atoms with Gasteiger partial charge in [0.2, 0.25) is 0 Å². The van der Waals surface area contributed by atoms with Crippen molar-refractivity contribution < 1.29 is 9.90 Å². The van der Waals surface area contributed by atoms with Gasteiger partial charge in [-0.05, 0) is 18.2 Å². The van der Waals surface area contributed by atoms with Gasteiger partial charge in [-0.3, -0.25) is 4.79 Å². The van der Waals surface area contributed by atoms with Crippen molar-refractivity contribution in [2.45, 2.75) is 12.8 Å². The second kappa shape index (κ2) is 4.16. The highest BCUT2D eigenvalue weighted by atomic mass is 35.5. The number of halogens is 1. The lowest BCUT2D eigenvalue weighted by molar-refractivity contribution is -0.136. The van der Waals surface area contributed by atoms with Crippen molar-refractivity contribution in [2.24, 2.45) is 0 Å². The minimum atomic E-state index is -0.799. The number of fused-ring (bicyclic) bond motifs is 1. The van der Waals surface area contributed by atoms with Crippen molar-refractivity contribution in [3.05, 3.63) is 28.2 Å². The smallest absolute Gasteiger partial charge is 0.303 e.